The SMILES string of the molecule is CCCC1=NN(C(=O)c2ccc([N+](=O)[O-])cc2)[C@@](O)(C(F)(F)F)C1. The van der Waals surface area contributed by atoms with Gasteiger partial charge in [0.25, 0.3) is 17.3 Å². The first kappa shape index (κ1) is 17.9. The number of nitrogens with zero attached hydrogens (tertiary/aromatic N) is 3. The van der Waals surface area contributed by atoms with Crippen LogP contribution in [0.3, 0.4) is 0 Å². The molecule has 1 amide bonds. The van der Waals surface area contributed by atoms with Crippen LogP contribution in [-0.4, -0.2) is 38.6 Å². The molecule has 1 heterocycles. The van der Waals surface area contributed by atoms with Crippen molar-refractivity contribution >= 4 is 17.3 Å². The van der Waals surface area contributed by atoms with Gasteiger partial charge < -0.3 is 5.11 Å². The highest BCUT2D eigenvalue weighted by Crippen LogP contribution is 2.41. The Bertz CT molecular complexity index is 688. The van der Waals surface area contributed by atoms with Gasteiger partial charge in [0.1, 0.15) is 0 Å². The molecule has 1 aliphatic rings. The molecule has 1 atom stereocenters. The number of rotatable bonds is 4. The summed E-state index contributed by atoms with van der Waals surface area (Å²) < 4.78 is 39.7. The van der Waals surface area contributed by atoms with Crippen molar-refractivity contribution in [2.24, 2.45) is 5.10 Å². The first-order chi connectivity index (χ1) is 11.1. The molecule has 0 spiro atoms. The Kier molecular flexibility index (Phi) is 4.61. The Morgan fingerprint density at radius 2 is 2.00 bits per heavy atom. The molecule has 0 aromatic heterocycles. The molecule has 130 valence electrons. The number of benzene rings is 1. The maximum absolute atomic E-state index is 13.2. The summed E-state index contributed by atoms with van der Waals surface area (Å²) in [5.74, 6) is -1.18. The molecule has 0 radical (unpaired) electrons. The van der Waals surface area contributed by atoms with Crippen molar-refractivity contribution in [1.82, 2.24) is 5.01 Å². The van der Waals surface area contributed by atoms with Gasteiger partial charge in [-0.15, -0.1) is 0 Å². The zero-order valence-electron chi connectivity index (χ0n) is 12.6. The third-order valence-electron chi connectivity index (χ3n) is 3.55. The standard InChI is InChI=1S/C14H14F3N3O4/c1-2-3-10-8-13(22,14(15,16)17)19(18-10)12(21)9-4-6-11(7-5-9)20(23)24/h4-7,22H,2-3,8H2,1H3/t13-/m0/s1. The molecule has 1 aromatic carbocycles. The van der Waals surface area contributed by atoms with E-state index in [1.165, 1.54) is 0 Å². The minimum Gasteiger partial charge on any atom is -0.362 e. The van der Waals surface area contributed by atoms with E-state index in [9.17, 15) is 33.2 Å². The molecular weight excluding hydrogens is 331 g/mol. The summed E-state index contributed by atoms with van der Waals surface area (Å²) in [6.07, 6.45) is -5.19. The van der Waals surface area contributed by atoms with Crippen molar-refractivity contribution in [3.63, 3.8) is 0 Å². The highest BCUT2D eigenvalue weighted by molar-refractivity contribution is 5.98. The van der Waals surface area contributed by atoms with Crippen molar-refractivity contribution in [2.75, 3.05) is 0 Å². The van der Waals surface area contributed by atoms with Gasteiger partial charge in [-0.2, -0.15) is 23.3 Å². The first-order valence-corrected chi connectivity index (χ1v) is 7.04. The summed E-state index contributed by atoms with van der Waals surface area (Å²) in [5.41, 5.74) is -3.91. The third kappa shape index (κ3) is 3.09. The van der Waals surface area contributed by atoms with Crippen molar-refractivity contribution in [3.8, 4) is 0 Å². The average molecular weight is 345 g/mol. The monoisotopic (exact) mass is 345 g/mol. The zero-order chi connectivity index (χ0) is 18.1. The van der Waals surface area contributed by atoms with Crippen LogP contribution in [-0.2, 0) is 0 Å². The lowest BCUT2D eigenvalue weighted by atomic mass is 10.0. The highest BCUT2D eigenvalue weighted by atomic mass is 19.4. The van der Waals surface area contributed by atoms with E-state index in [1.54, 1.807) is 6.92 Å². The molecule has 7 nitrogen and oxygen atoms in total. The summed E-state index contributed by atoms with van der Waals surface area (Å²) in [4.78, 5) is 22.2. The van der Waals surface area contributed by atoms with Crippen LogP contribution in [0.5, 0.6) is 0 Å². The third-order valence-corrected chi connectivity index (χ3v) is 3.55. The van der Waals surface area contributed by atoms with Gasteiger partial charge in [0.2, 0.25) is 0 Å². The van der Waals surface area contributed by atoms with Gasteiger partial charge in [-0.05, 0) is 18.6 Å². The van der Waals surface area contributed by atoms with Gasteiger partial charge >= 0.3 is 6.18 Å². The fraction of sp³-hybridized carbons (Fsp3) is 0.429. The lowest BCUT2D eigenvalue weighted by Crippen LogP contribution is -2.56. The predicted octanol–water partition coefficient (Wildman–Crippen LogP) is 2.85. The second-order valence-corrected chi connectivity index (χ2v) is 5.33. The number of nitro groups is 1. The van der Waals surface area contributed by atoms with E-state index in [-0.39, 0.29) is 28.4 Å². The number of non-ortho nitro benzene ring substituents is 1. The van der Waals surface area contributed by atoms with Crippen molar-refractivity contribution in [1.29, 1.82) is 0 Å². The Morgan fingerprint density at radius 1 is 1.42 bits per heavy atom. The Morgan fingerprint density at radius 3 is 2.46 bits per heavy atom. The van der Waals surface area contributed by atoms with Gasteiger partial charge in [-0.25, -0.2) is 0 Å². The average Bonchev–Trinajstić information content (AvgIpc) is 2.85. The zero-order valence-corrected chi connectivity index (χ0v) is 12.6. The highest BCUT2D eigenvalue weighted by Gasteiger charge is 2.63. The molecule has 0 saturated carbocycles. The van der Waals surface area contributed by atoms with Crippen LogP contribution in [0.2, 0.25) is 0 Å². The van der Waals surface area contributed by atoms with Gasteiger partial charge in [0.15, 0.2) is 0 Å². The van der Waals surface area contributed by atoms with E-state index >= 15 is 0 Å². The van der Waals surface area contributed by atoms with E-state index in [1.807, 2.05) is 0 Å². The largest absolute Gasteiger partial charge is 0.438 e. The number of nitro benzene ring substituents is 1. The Labute approximate surface area is 134 Å². The molecule has 1 N–H and O–H groups in total. The van der Waals surface area contributed by atoms with Crippen molar-refractivity contribution < 1.29 is 28.0 Å². The van der Waals surface area contributed by atoms with Gasteiger partial charge in [0.05, 0.1) is 4.92 Å². The number of amides is 1. The summed E-state index contributed by atoms with van der Waals surface area (Å²) in [7, 11) is 0. The molecule has 1 aromatic rings. The van der Waals surface area contributed by atoms with Crippen LogP contribution in [0.4, 0.5) is 18.9 Å². The number of halogens is 3. The number of hydrogen-bond donors (Lipinski definition) is 1. The molecule has 1 aliphatic heterocycles. The summed E-state index contributed by atoms with van der Waals surface area (Å²) >= 11 is 0. The van der Waals surface area contributed by atoms with Crippen LogP contribution in [0.1, 0.15) is 36.5 Å². The molecule has 0 unspecified atom stereocenters. The Balaban J connectivity index is 2.38. The fourth-order valence-electron chi connectivity index (χ4n) is 2.33. The molecule has 0 fully saturated rings. The number of hydrazone groups is 1. The number of alkyl halides is 3. The fourth-order valence-corrected chi connectivity index (χ4v) is 2.33. The van der Waals surface area contributed by atoms with Crippen LogP contribution in [0.15, 0.2) is 29.4 Å². The maximum atomic E-state index is 13.2. The van der Waals surface area contributed by atoms with E-state index < -0.39 is 29.2 Å². The summed E-state index contributed by atoms with van der Waals surface area (Å²) in [6.45, 7) is 1.73. The van der Waals surface area contributed by atoms with E-state index in [4.69, 9.17) is 0 Å². The molecule has 2 rings (SSSR count). The minimum atomic E-state index is -5.09. The molecular formula is C14H14F3N3O4. The second-order valence-electron chi connectivity index (χ2n) is 5.33. The number of aliphatic hydroxyl groups is 1. The maximum Gasteiger partial charge on any atom is 0.438 e. The van der Waals surface area contributed by atoms with Crippen molar-refractivity contribution in [2.45, 2.75) is 38.1 Å². The summed E-state index contributed by atoms with van der Waals surface area (Å²) in [5, 5.41) is 24.2. The topological polar surface area (TPSA) is 96.0 Å². The molecule has 10 heteroatoms. The first-order valence-electron chi connectivity index (χ1n) is 7.04. The number of hydrogen-bond acceptors (Lipinski definition) is 5. The molecule has 24 heavy (non-hydrogen) atoms. The van der Waals surface area contributed by atoms with Crippen molar-refractivity contribution in [3.05, 3.63) is 39.9 Å². The Hall–Kier alpha value is -2.49. The normalized spacial score (nSPS) is 20.9. The van der Waals surface area contributed by atoms with Crippen LogP contribution < -0.4 is 0 Å². The second kappa shape index (κ2) is 6.19. The minimum absolute atomic E-state index is 0.0131. The molecule has 0 aliphatic carbocycles. The number of carbonyl (C=O) groups is 1. The molecule has 0 saturated heterocycles. The molecule has 0 bridgehead atoms. The van der Waals surface area contributed by atoms with Crippen LogP contribution in [0, 0.1) is 10.1 Å². The van der Waals surface area contributed by atoms with Gasteiger partial charge in [-0.1, -0.05) is 13.3 Å². The smallest absolute Gasteiger partial charge is 0.362 e. The lowest BCUT2D eigenvalue weighted by Gasteiger charge is -2.32. The summed E-state index contributed by atoms with van der Waals surface area (Å²) in [6, 6.07) is 4.02. The van der Waals surface area contributed by atoms with E-state index in [2.05, 4.69) is 5.10 Å². The van der Waals surface area contributed by atoms with Gasteiger partial charge in [-0.3, -0.25) is 14.9 Å². The van der Waals surface area contributed by atoms with Gasteiger partial charge in [0, 0.05) is 29.8 Å². The van der Waals surface area contributed by atoms with E-state index in [0.717, 1.165) is 24.3 Å². The number of carbonyl (C=O) groups excluding carboxylic acids is 1. The predicted molar refractivity (Wildman–Crippen MR) is 77.2 cm³/mol. The van der Waals surface area contributed by atoms with Crippen LogP contribution in [0.25, 0.3) is 0 Å². The van der Waals surface area contributed by atoms with Crippen LogP contribution >= 0.6 is 0 Å². The quantitative estimate of drug-likeness (QED) is 0.670. The lowest BCUT2D eigenvalue weighted by molar-refractivity contribution is -0.384. The van der Waals surface area contributed by atoms with E-state index in [0.29, 0.717) is 6.42 Å².